The monoisotopic (exact) mass is 464 g/mol. The van der Waals surface area contributed by atoms with Crippen molar-refractivity contribution in [1.29, 1.82) is 0 Å². The van der Waals surface area contributed by atoms with E-state index in [1.807, 2.05) is 12.1 Å². The fourth-order valence-corrected chi connectivity index (χ4v) is 5.81. The summed E-state index contributed by atoms with van der Waals surface area (Å²) in [5.41, 5.74) is 14.9. The van der Waals surface area contributed by atoms with Crippen LogP contribution in [0.2, 0.25) is 5.02 Å². The zero-order valence-corrected chi connectivity index (χ0v) is 18.4. The third-order valence-electron chi connectivity index (χ3n) is 7.26. The predicted octanol–water partition coefficient (Wildman–Crippen LogP) is 3.14. The van der Waals surface area contributed by atoms with Gasteiger partial charge >= 0.3 is 0 Å². The number of rotatable bonds is 4. The average molecular weight is 465 g/mol. The number of halogens is 2. The highest BCUT2D eigenvalue weighted by Crippen LogP contribution is 2.63. The van der Waals surface area contributed by atoms with Gasteiger partial charge in [0.25, 0.3) is 0 Å². The van der Waals surface area contributed by atoms with Crippen LogP contribution in [0.25, 0.3) is 22.4 Å². The maximum absolute atomic E-state index is 14.6. The Labute approximate surface area is 194 Å². The summed E-state index contributed by atoms with van der Waals surface area (Å²) in [6, 6.07) is 8.68. The number of fused-ring (bicyclic) bond motifs is 2. The molecule has 2 fully saturated rings. The second-order valence-electron chi connectivity index (χ2n) is 8.76. The molecule has 4 aromatic rings. The van der Waals surface area contributed by atoms with Crippen molar-refractivity contribution >= 4 is 34.4 Å². The summed E-state index contributed by atoms with van der Waals surface area (Å²) in [7, 11) is 0. The van der Waals surface area contributed by atoms with Crippen LogP contribution in [0.15, 0.2) is 42.7 Å². The van der Waals surface area contributed by atoms with E-state index in [-0.39, 0.29) is 17.2 Å². The molecule has 1 aromatic carbocycles. The number of hydrogen-bond acceptors (Lipinski definition) is 7. The predicted molar refractivity (Wildman–Crippen MR) is 125 cm³/mol. The first-order chi connectivity index (χ1) is 16.0. The molecule has 0 unspecified atom stereocenters. The van der Waals surface area contributed by atoms with Gasteiger partial charge in [-0.3, -0.25) is 5.10 Å². The number of H-pyrrole nitrogens is 1. The van der Waals surface area contributed by atoms with E-state index in [1.54, 1.807) is 18.3 Å². The van der Waals surface area contributed by atoms with Crippen molar-refractivity contribution < 1.29 is 4.39 Å². The molecule has 0 bridgehead atoms. The van der Waals surface area contributed by atoms with Crippen molar-refractivity contribution in [2.75, 3.05) is 30.3 Å². The number of aromatic nitrogens is 5. The number of pyridine rings is 1. The zero-order chi connectivity index (χ0) is 22.7. The van der Waals surface area contributed by atoms with Crippen molar-refractivity contribution in [3.63, 3.8) is 0 Å². The molecule has 0 spiro atoms. The first kappa shape index (κ1) is 20.3. The van der Waals surface area contributed by atoms with E-state index in [2.05, 4.69) is 25.1 Å². The maximum Gasteiger partial charge on any atom is 0.202 e. The third-order valence-corrected chi connectivity index (χ3v) is 7.56. The van der Waals surface area contributed by atoms with Gasteiger partial charge in [-0.1, -0.05) is 29.8 Å². The van der Waals surface area contributed by atoms with Crippen LogP contribution in [-0.4, -0.2) is 44.8 Å². The van der Waals surface area contributed by atoms with Gasteiger partial charge in [-0.2, -0.15) is 5.10 Å². The van der Waals surface area contributed by atoms with Gasteiger partial charge in [0.1, 0.15) is 23.0 Å². The molecule has 10 heteroatoms. The van der Waals surface area contributed by atoms with Crippen LogP contribution in [0.1, 0.15) is 12.0 Å². The minimum absolute atomic E-state index is 0.176. The smallest absolute Gasteiger partial charge is 0.202 e. The first-order valence-electron chi connectivity index (χ1n) is 10.9. The Morgan fingerprint density at radius 3 is 2.88 bits per heavy atom. The average Bonchev–Trinajstić information content (AvgIpc) is 3.29. The normalized spacial score (nSPS) is 24.2. The molecule has 1 saturated carbocycles. The maximum atomic E-state index is 14.6. The number of nitrogen functional groups attached to an aromatic ring is 1. The van der Waals surface area contributed by atoms with E-state index in [4.69, 9.17) is 28.1 Å². The Kier molecular flexibility index (Phi) is 4.53. The second-order valence-corrected chi connectivity index (χ2v) is 9.17. The van der Waals surface area contributed by atoms with E-state index in [9.17, 15) is 4.39 Å². The number of nitrogens with one attached hydrogen (secondary N) is 1. The Morgan fingerprint density at radius 2 is 2.06 bits per heavy atom. The van der Waals surface area contributed by atoms with Gasteiger partial charge < -0.3 is 16.4 Å². The molecule has 8 nitrogen and oxygen atoms in total. The minimum atomic E-state index is -0.310. The molecule has 0 radical (unpaired) electrons. The lowest BCUT2D eigenvalue weighted by Crippen LogP contribution is -2.32. The molecule has 1 aliphatic heterocycles. The second kappa shape index (κ2) is 7.36. The summed E-state index contributed by atoms with van der Waals surface area (Å²) in [6.07, 6.45) is 4.17. The van der Waals surface area contributed by atoms with Gasteiger partial charge in [0.15, 0.2) is 0 Å². The summed E-state index contributed by atoms with van der Waals surface area (Å²) < 4.78 is 14.6. The number of hydrogen-bond donors (Lipinski definition) is 3. The molecule has 3 aromatic heterocycles. The molecular weight excluding hydrogens is 443 g/mol. The highest BCUT2D eigenvalue weighted by Gasteiger charge is 2.66. The summed E-state index contributed by atoms with van der Waals surface area (Å²) in [5.74, 6) is 1.57. The largest absolute Gasteiger partial charge is 0.384 e. The lowest BCUT2D eigenvalue weighted by molar-refractivity contribution is 0.533. The van der Waals surface area contributed by atoms with E-state index in [0.717, 1.165) is 30.9 Å². The van der Waals surface area contributed by atoms with E-state index < -0.39 is 0 Å². The number of nitrogens with two attached hydrogens (primary N) is 2. The third kappa shape index (κ3) is 2.99. The van der Waals surface area contributed by atoms with Crippen LogP contribution in [0.5, 0.6) is 0 Å². The first-order valence-corrected chi connectivity index (χ1v) is 11.2. The number of benzene rings is 1. The van der Waals surface area contributed by atoms with Crippen LogP contribution in [0.3, 0.4) is 0 Å². The molecule has 6 rings (SSSR count). The van der Waals surface area contributed by atoms with Gasteiger partial charge in [-0.15, -0.1) is 0 Å². The van der Waals surface area contributed by atoms with Crippen LogP contribution >= 0.6 is 11.6 Å². The SMILES string of the molecule is NC[C@]1(c2ccccc2F)[C@@H]2CCN(c3cnc4c(-c5cc(N)ncc5Cl)[nH]nc4n3)C[C@@H]21. The molecular formula is C23H22ClFN8. The van der Waals surface area contributed by atoms with Crippen molar-refractivity contribution in [3.8, 4) is 11.3 Å². The van der Waals surface area contributed by atoms with Crippen molar-refractivity contribution in [3.05, 3.63) is 59.1 Å². The van der Waals surface area contributed by atoms with E-state index >= 15 is 0 Å². The van der Waals surface area contributed by atoms with Gasteiger partial charge in [-0.25, -0.2) is 19.3 Å². The number of nitrogens with zero attached hydrogens (tertiary/aromatic N) is 5. The molecule has 2 aliphatic rings. The standard InChI is InChI=1S/C23H22ClFN8/c24-16-8-28-18(27)7-12(16)20-21-22(32-31-20)30-19(9-29-21)33-6-5-13-15(10-33)23(13,11-26)14-3-1-2-4-17(14)25/h1-4,7-9,13,15H,5-6,10-11,26H2,(H2,27,28)(H,30,31,32)/t13-,15+,23-/m1/s1. The molecule has 3 atom stereocenters. The fraction of sp³-hybridized carbons (Fsp3) is 0.304. The Hall–Kier alpha value is -3.30. The molecule has 5 N–H and O–H groups in total. The summed E-state index contributed by atoms with van der Waals surface area (Å²) in [5, 5.41) is 7.76. The Balaban J connectivity index is 1.30. The summed E-state index contributed by atoms with van der Waals surface area (Å²) in [6.45, 7) is 1.99. The van der Waals surface area contributed by atoms with Crippen LogP contribution in [-0.2, 0) is 5.41 Å². The van der Waals surface area contributed by atoms with E-state index in [0.29, 0.717) is 45.7 Å². The van der Waals surface area contributed by atoms with Crippen LogP contribution in [0.4, 0.5) is 16.0 Å². The number of anilines is 2. The quantitative estimate of drug-likeness (QED) is 0.424. The molecule has 33 heavy (non-hydrogen) atoms. The van der Waals surface area contributed by atoms with Crippen LogP contribution < -0.4 is 16.4 Å². The van der Waals surface area contributed by atoms with Gasteiger partial charge in [-0.05, 0) is 36.0 Å². The van der Waals surface area contributed by atoms with Gasteiger partial charge in [0.2, 0.25) is 5.65 Å². The highest BCUT2D eigenvalue weighted by molar-refractivity contribution is 6.33. The van der Waals surface area contributed by atoms with Gasteiger partial charge in [0, 0.05) is 36.8 Å². The van der Waals surface area contributed by atoms with E-state index in [1.165, 1.54) is 12.3 Å². The summed E-state index contributed by atoms with van der Waals surface area (Å²) in [4.78, 5) is 15.6. The van der Waals surface area contributed by atoms with Gasteiger partial charge in [0.05, 0.1) is 16.9 Å². The zero-order valence-electron chi connectivity index (χ0n) is 17.7. The van der Waals surface area contributed by atoms with Crippen molar-refractivity contribution in [1.82, 2.24) is 25.1 Å². The van der Waals surface area contributed by atoms with Crippen molar-refractivity contribution in [2.24, 2.45) is 17.6 Å². The molecule has 0 amide bonds. The number of piperidine rings is 1. The topological polar surface area (TPSA) is 123 Å². The molecule has 1 aliphatic carbocycles. The minimum Gasteiger partial charge on any atom is -0.384 e. The lowest BCUT2D eigenvalue weighted by atomic mass is 9.91. The molecule has 4 heterocycles. The Morgan fingerprint density at radius 1 is 1.21 bits per heavy atom. The highest BCUT2D eigenvalue weighted by atomic mass is 35.5. The summed E-state index contributed by atoms with van der Waals surface area (Å²) >= 11 is 6.30. The number of aromatic amines is 1. The molecule has 168 valence electrons. The fourth-order valence-electron chi connectivity index (χ4n) is 5.61. The van der Waals surface area contributed by atoms with Crippen LogP contribution in [0, 0.1) is 17.7 Å². The molecule has 1 saturated heterocycles. The lowest BCUT2D eigenvalue weighted by Gasteiger charge is -2.26. The Bertz CT molecular complexity index is 1370. The van der Waals surface area contributed by atoms with Crippen molar-refractivity contribution in [2.45, 2.75) is 11.8 Å².